The summed E-state index contributed by atoms with van der Waals surface area (Å²) in [4.78, 5) is 0. The maximum absolute atomic E-state index is 5.81. The van der Waals surface area contributed by atoms with E-state index in [2.05, 4.69) is 0 Å². The molecule has 2 nitrogen and oxygen atoms in total. The SMILES string of the molecule is COc1cccc(Cl)c1C.O. The fourth-order valence-electron chi connectivity index (χ4n) is 0.809. The van der Waals surface area contributed by atoms with Gasteiger partial charge in [-0.2, -0.15) is 0 Å². The molecular weight excluding hydrogens is 164 g/mol. The topological polar surface area (TPSA) is 40.7 Å². The van der Waals surface area contributed by atoms with Crippen LogP contribution in [-0.4, -0.2) is 12.6 Å². The molecule has 3 heteroatoms. The molecular formula is C8H11ClO2. The van der Waals surface area contributed by atoms with Crippen molar-refractivity contribution in [3.05, 3.63) is 28.8 Å². The second-order valence-corrected chi connectivity index (χ2v) is 2.47. The fourth-order valence-corrected chi connectivity index (χ4v) is 0.975. The molecule has 0 saturated heterocycles. The third-order valence-electron chi connectivity index (χ3n) is 1.44. The van der Waals surface area contributed by atoms with Crippen LogP contribution in [-0.2, 0) is 0 Å². The van der Waals surface area contributed by atoms with Crippen molar-refractivity contribution in [2.24, 2.45) is 0 Å². The summed E-state index contributed by atoms with van der Waals surface area (Å²) in [6.45, 7) is 1.93. The van der Waals surface area contributed by atoms with Crippen LogP contribution in [0.2, 0.25) is 5.02 Å². The molecule has 0 aliphatic rings. The Kier molecular flexibility index (Phi) is 3.93. The highest BCUT2D eigenvalue weighted by Gasteiger charge is 1.99. The summed E-state index contributed by atoms with van der Waals surface area (Å²) in [7, 11) is 1.64. The molecule has 1 rings (SSSR count). The van der Waals surface area contributed by atoms with E-state index >= 15 is 0 Å². The van der Waals surface area contributed by atoms with Gasteiger partial charge < -0.3 is 10.2 Å². The normalized spacial score (nSPS) is 8.64. The Morgan fingerprint density at radius 1 is 1.36 bits per heavy atom. The van der Waals surface area contributed by atoms with E-state index in [4.69, 9.17) is 16.3 Å². The van der Waals surface area contributed by atoms with Crippen LogP contribution in [0.25, 0.3) is 0 Å². The smallest absolute Gasteiger partial charge is 0.123 e. The second kappa shape index (κ2) is 4.21. The van der Waals surface area contributed by atoms with Gasteiger partial charge in [0.2, 0.25) is 0 Å². The number of methoxy groups -OCH3 is 1. The quantitative estimate of drug-likeness (QED) is 0.641. The summed E-state index contributed by atoms with van der Waals surface area (Å²) in [5.41, 5.74) is 0.992. The van der Waals surface area contributed by atoms with Gasteiger partial charge in [-0.1, -0.05) is 17.7 Å². The first-order valence-corrected chi connectivity index (χ1v) is 3.42. The first-order valence-electron chi connectivity index (χ1n) is 3.05. The van der Waals surface area contributed by atoms with Crippen LogP contribution in [0, 0.1) is 6.92 Å². The van der Waals surface area contributed by atoms with Crippen LogP contribution >= 0.6 is 11.6 Å². The molecule has 0 bridgehead atoms. The van der Waals surface area contributed by atoms with E-state index < -0.39 is 0 Å². The van der Waals surface area contributed by atoms with Crippen molar-refractivity contribution in [2.75, 3.05) is 7.11 Å². The van der Waals surface area contributed by atoms with Gasteiger partial charge in [0, 0.05) is 10.6 Å². The lowest BCUT2D eigenvalue weighted by Crippen LogP contribution is -1.86. The Morgan fingerprint density at radius 3 is 2.45 bits per heavy atom. The van der Waals surface area contributed by atoms with E-state index in [0.717, 1.165) is 16.3 Å². The molecule has 1 aromatic rings. The largest absolute Gasteiger partial charge is 0.496 e. The average molecular weight is 175 g/mol. The Balaban J connectivity index is 0.000001000. The predicted octanol–water partition coefficient (Wildman–Crippen LogP) is 1.83. The Labute approximate surface area is 71.1 Å². The maximum atomic E-state index is 5.81. The van der Waals surface area contributed by atoms with Crippen LogP contribution in [0.1, 0.15) is 5.56 Å². The summed E-state index contributed by atoms with van der Waals surface area (Å²) < 4.78 is 5.04. The molecule has 2 N–H and O–H groups in total. The Morgan fingerprint density at radius 2 is 2.00 bits per heavy atom. The van der Waals surface area contributed by atoms with Crippen LogP contribution in [0.3, 0.4) is 0 Å². The van der Waals surface area contributed by atoms with Crippen molar-refractivity contribution < 1.29 is 10.2 Å². The zero-order chi connectivity index (χ0) is 7.56. The maximum Gasteiger partial charge on any atom is 0.123 e. The summed E-state index contributed by atoms with van der Waals surface area (Å²) in [5.74, 6) is 0.840. The molecule has 0 heterocycles. The van der Waals surface area contributed by atoms with E-state index in [0.29, 0.717) is 0 Å². The highest BCUT2D eigenvalue weighted by molar-refractivity contribution is 6.31. The van der Waals surface area contributed by atoms with Crippen LogP contribution in [0.4, 0.5) is 0 Å². The number of hydrogen-bond donors (Lipinski definition) is 0. The van der Waals surface area contributed by atoms with Crippen LogP contribution in [0.15, 0.2) is 18.2 Å². The summed E-state index contributed by atoms with van der Waals surface area (Å²) in [6, 6.07) is 5.61. The molecule has 11 heavy (non-hydrogen) atoms. The monoisotopic (exact) mass is 174 g/mol. The molecule has 0 aliphatic carbocycles. The van der Waals surface area contributed by atoms with Gasteiger partial charge in [-0.15, -0.1) is 0 Å². The van der Waals surface area contributed by atoms with Gasteiger partial charge in [-0.3, -0.25) is 0 Å². The lowest BCUT2D eigenvalue weighted by molar-refractivity contribution is 0.412. The van der Waals surface area contributed by atoms with Gasteiger partial charge in [-0.25, -0.2) is 0 Å². The first-order chi connectivity index (χ1) is 4.75. The van der Waals surface area contributed by atoms with E-state index in [1.54, 1.807) is 7.11 Å². The zero-order valence-electron chi connectivity index (χ0n) is 6.52. The summed E-state index contributed by atoms with van der Waals surface area (Å²) in [6.07, 6.45) is 0. The van der Waals surface area contributed by atoms with E-state index in [1.165, 1.54) is 0 Å². The lowest BCUT2D eigenvalue weighted by Gasteiger charge is -2.03. The predicted molar refractivity (Wildman–Crippen MR) is 46.4 cm³/mol. The molecule has 0 spiro atoms. The number of rotatable bonds is 1. The molecule has 0 unspecified atom stereocenters. The van der Waals surface area contributed by atoms with Gasteiger partial charge in [-0.05, 0) is 19.1 Å². The molecule has 0 aliphatic heterocycles. The lowest BCUT2D eigenvalue weighted by atomic mass is 10.2. The molecule has 0 amide bonds. The molecule has 0 atom stereocenters. The van der Waals surface area contributed by atoms with Crippen molar-refractivity contribution >= 4 is 11.6 Å². The number of ether oxygens (including phenoxy) is 1. The van der Waals surface area contributed by atoms with Gasteiger partial charge in [0.05, 0.1) is 7.11 Å². The Bertz CT molecular complexity index is 236. The van der Waals surface area contributed by atoms with Crippen LogP contribution in [0.5, 0.6) is 5.75 Å². The van der Waals surface area contributed by atoms with Gasteiger partial charge in [0.1, 0.15) is 5.75 Å². The zero-order valence-corrected chi connectivity index (χ0v) is 7.27. The van der Waals surface area contributed by atoms with Crippen molar-refractivity contribution in [3.8, 4) is 5.75 Å². The van der Waals surface area contributed by atoms with Crippen LogP contribution < -0.4 is 4.74 Å². The van der Waals surface area contributed by atoms with Crippen molar-refractivity contribution in [1.29, 1.82) is 0 Å². The Hall–Kier alpha value is -0.730. The van der Waals surface area contributed by atoms with E-state index in [9.17, 15) is 0 Å². The average Bonchev–Trinajstić information content (AvgIpc) is 1.95. The fraction of sp³-hybridized carbons (Fsp3) is 0.250. The summed E-state index contributed by atoms with van der Waals surface area (Å²) >= 11 is 5.81. The number of benzene rings is 1. The standard InChI is InChI=1S/C8H9ClO.H2O/c1-6-7(9)4-3-5-8(6)10-2;/h3-5H,1-2H3;1H2. The van der Waals surface area contributed by atoms with E-state index in [-0.39, 0.29) is 5.48 Å². The van der Waals surface area contributed by atoms with Crippen molar-refractivity contribution in [1.82, 2.24) is 0 Å². The molecule has 62 valence electrons. The molecule has 0 radical (unpaired) electrons. The van der Waals surface area contributed by atoms with Gasteiger partial charge >= 0.3 is 0 Å². The summed E-state index contributed by atoms with van der Waals surface area (Å²) in [5, 5.41) is 0.749. The number of halogens is 1. The molecule has 1 aromatic carbocycles. The minimum atomic E-state index is 0. The third kappa shape index (κ3) is 2.10. The van der Waals surface area contributed by atoms with E-state index in [1.807, 2.05) is 25.1 Å². The van der Waals surface area contributed by atoms with Gasteiger partial charge in [0.25, 0.3) is 0 Å². The van der Waals surface area contributed by atoms with Crippen molar-refractivity contribution in [2.45, 2.75) is 6.92 Å². The van der Waals surface area contributed by atoms with Crippen molar-refractivity contribution in [3.63, 3.8) is 0 Å². The molecule has 0 aromatic heterocycles. The third-order valence-corrected chi connectivity index (χ3v) is 1.85. The minimum Gasteiger partial charge on any atom is -0.496 e. The minimum absolute atomic E-state index is 0. The molecule has 0 fully saturated rings. The van der Waals surface area contributed by atoms with Gasteiger partial charge in [0.15, 0.2) is 0 Å². The second-order valence-electron chi connectivity index (χ2n) is 2.07. The first kappa shape index (κ1) is 10.3. The highest BCUT2D eigenvalue weighted by Crippen LogP contribution is 2.24. The molecule has 0 saturated carbocycles. The highest BCUT2D eigenvalue weighted by atomic mass is 35.5. The number of hydrogen-bond acceptors (Lipinski definition) is 1.